The van der Waals surface area contributed by atoms with Gasteiger partial charge in [0.25, 0.3) is 0 Å². The number of aromatic nitrogens is 1. The highest BCUT2D eigenvalue weighted by Crippen LogP contribution is 2.33. The highest BCUT2D eigenvalue weighted by Gasteiger charge is 2.17. The van der Waals surface area contributed by atoms with Crippen LogP contribution in [0.1, 0.15) is 26.9 Å². The number of thiophene rings is 1. The molecule has 0 aliphatic heterocycles. The van der Waals surface area contributed by atoms with Gasteiger partial charge in [-0.2, -0.15) is 0 Å². The van der Waals surface area contributed by atoms with Gasteiger partial charge < -0.3 is 5.32 Å². The Hall–Kier alpha value is -1.71. The maximum absolute atomic E-state index is 4.45. The van der Waals surface area contributed by atoms with Gasteiger partial charge in [-0.3, -0.25) is 4.98 Å². The fourth-order valence-corrected chi connectivity index (χ4v) is 3.75. The number of rotatable bonds is 3. The molecule has 1 atom stereocenters. The van der Waals surface area contributed by atoms with Gasteiger partial charge in [-0.05, 0) is 50.2 Å². The van der Waals surface area contributed by atoms with Gasteiger partial charge in [-0.25, -0.2) is 0 Å². The van der Waals surface area contributed by atoms with Crippen molar-refractivity contribution < 1.29 is 0 Å². The van der Waals surface area contributed by atoms with Crippen LogP contribution in [0.15, 0.2) is 42.6 Å². The third kappa shape index (κ3) is 2.23. The number of nitrogens with one attached hydrogen (secondary N) is 1. The van der Waals surface area contributed by atoms with Crippen LogP contribution in [0, 0.1) is 13.8 Å². The molecule has 2 aromatic heterocycles. The van der Waals surface area contributed by atoms with E-state index in [-0.39, 0.29) is 6.04 Å². The molecule has 1 unspecified atom stereocenters. The second kappa shape index (κ2) is 5.35. The lowest BCUT2D eigenvalue weighted by molar-refractivity contribution is 0.708. The molecule has 0 bridgehead atoms. The van der Waals surface area contributed by atoms with Crippen molar-refractivity contribution in [2.75, 3.05) is 7.05 Å². The smallest absolute Gasteiger partial charge is 0.0705 e. The fraction of sp³-hybridized carbons (Fsp3) is 0.235. The third-order valence-electron chi connectivity index (χ3n) is 3.75. The van der Waals surface area contributed by atoms with Crippen molar-refractivity contribution in [1.82, 2.24) is 10.3 Å². The van der Waals surface area contributed by atoms with Crippen molar-refractivity contribution in [3.05, 3.63) is 63.5 Å². The summed E-state index contributed by atoms with van der Waals surface area (Å²) in [6.07, 6.45) is 1.85. The van der Waals surface area contributed by atoms with Crippen LogP contribution in [-0.4, -0.2) is 12.0 Å². The first kappa shape index (κ1) is 13.3. The van der Waals surface area contributed by atoms with Crippen LogP contribution < -0.4 is 5.32 Å². The van der Waals surface area contributed by atoms with Crippen molar-refractivity contribution in [2.24, 2.45) is 0 Å². The monoisotopic (exact) mass is 282 g/mol. The Morgan fingerprint density at radius 2 is 2.00 bits per heavy atom. The van der Waals surface area contributed by atoms with Gasteiger partial charge in [0.15, 0.2) is 0 Å². The molecule has 3 aromatic rings. The first-order chi connectivity index (χ1) is 9.70. The van der Waals surface area contributed by atoms with E-state index in [0.29, 0.717) is 0 Å². The zero-order valence-electron chi connectivity index (χ0n) is 12.0. The topological polar surface area (TPSA) is 24.9 Å². The molecule has 0 saturated heterocycles. The lowest BCUT2D eigenvalue weighted by Gasteiger charge is -2.17. The van der Waals surface area contributed by atoms with E-state index in [4.69, 9.17) is 0 Å². The van der Waals surface area contributed by atoms with E-state index in [1.807, 2.05) is 30.6 Å². The molecule has 0 amide bonds. The maximum atomic E-state index is 4.45. The predicted molar refractivity (Wildman–Crippen MR) is 86.4 cm³/mol. The van der Waals surface area contributed by atoms with Gasteiger partial charge >= 0.3 is 0 Å². The molecule has 2 nitrogen and oxygen atoms in total. The van der Waals surface area contributed by atoms with Crippen molar-refractivity contribution >= 4 is 22.2 Å². The summed E-state index contributed by atoms with van der Waals surface area (Å²) in [6, 6.07) is 13.0. The van der Waals surface area contributed by atoms with E-state index < -0.39 is 0 Å². The Balaban J connectivity index is 2.16. The number of hydrogen-bond donors (Lipinski definition) is 1. The minimum Gasteiger partial charge on any atom is -0.309 e. The van der Waals surface area contributed by atoms with Gasteiger partial charge in [0.05, 0.1) is 11.6 Å². The van der Waals surface area contributed by atoms with Gasteiger partial charge in [0, 0.05) is 21.3 Å². The number of nitrogens with zero attached hydrogens (tertiary/aromatic N) is 1. The fourth-order valence-electron chi connectivity index (χ4n) is 2.57. The molecule has 0 saturated carbocycles. The zero-order valence-corrected chi connectivity index (χ0v) is 12.8. The summed E-state index contributed by atoms with van der Waals surface area (Å²) in [6.45, 7) is 4.35. The molecule has 20 heavy (non-hydrogen) atoms. The number of benzene rings is 1. The van der Waals surface area contributed by atoms with E-state index >= 15 is 0 Å². The van der Waals surface area contributed by atoms with Gasteiger partial charge in [0.1, 0.15) is 0 Å². The summed E-state index contributed by atoms with van der Waals surface area (Å²) in [4.78, 5) is 7.20. The standard InChI is InChI=1S/C17H18N2S/c1-11-10-16(20-12(11)2)17(18-3)14-6-4-8-15-13(14)7-5-9-19-15/h4-10,17-18H,1-3H3. The van der Waals surface area contributed by atoms with Gasteiger partial charge in [-0.15, -0.1) is 11.3 Å². The molecule has 102 valence electrons. The number of hydrogen-bond acceptors (Lipinski definition) is 3. The second-order valence-corrected chi connectivity index (χ2v) is 6.31. The zero-order chi connectivity index (χ0) is 14.1. The minimum absolute atomic E-state index is 0.222. The third-order valence-corrected chi connectivity index (χ3v) is 4.97. The summed E-state index contributed by atoms with van der Waals surface area (Å²) in [7, 11) is 2.02. The molecule has 0 radical (unpaired) electrons. The lowest BCUT2D eigenvalue weighted by Crippen LogP contribution is -2.16. The van der Waals surface area contributed by atoms with Gasteiger partial charge in [-0.1, -0.05) is 18.2 Å². The second-order valence-electron chi connectivity index (χ2n) is 5.03. The average Bonchev–Trinajstić information content (AvgIpc) is 2.79. The van der Waals surface area contributed by atoms with Crippen LogP contribution in [0.4, 0.5) is 0 Å². The van der Waals surface area contributed by atoms with Crippen molar-refractivity contribution in [2.45, 2.75) is 19.9 Å². The van der Waals surface area contributed by atoms with Crippen LogP contribution >= 0.6 is 11.3 Å². The molecule has 3 heteroatoms. The van der Waals surface area contributed by atoms with Crippen molar-refractivity contribution in [3.63, 3.8) is 0 Å². The quantitative estimate of drug-likeness (QED) is 0.778. The summed E-state index contributed by atoms with van der Waals surface area (Å²) in [5, 5.41) is 4.67. The summed E-state index contributed by atoms with van der Waals surface area (Å²) >= 11 is 1.87. The average molecular weight is 282 g/mol. The summed E-state index contributed by atoms with van der Waals surface area (Å²) < 4.78 is 0. The maximum Gasteiger partial charge on any atom is 0.0705 e. The normalized spacial score (nSPS) is 12.8. The van der Waals surface area contributed by atoms with E-state index in [1.54, 1.807) is 0 Å². The first-order valence-corrected chi connectivity index (χ1v) is 7.60. The number of pyridine rings is 1. The lowest BCUT2D eigenvalue weighted by atomic mass is 10.00. The molecule has 0 aliphatic carbocycles. The van der Waals surface area contributed by atoms with Crippen LogP contribution in [0.25, 0.3) is 10.9 Å². The first-order valence-electron chi connectivity index (χ1n) is 6.78. The highest BCUT2D eigenvalue weighted by atomic mass is 32.1. The summed E-state index contributed by atoms with van der Waals surface area (Å²) in [5.41, 5.74) is 3.71. The molecular formula is C17H18N2S. The van der Waals surface area contributed by atoms with E-state index in [0.717, 1.165) is 5.52 Å². The Bertz CT molecular complexity index is 721. The van der Waals surface area contributed by atoms with Crippen LogP contribution in [0.2, 0.25) is 0 Å². The molecule has 1 aromatic carbocycles. The van der Waals surface area contributed by atoms with Gasteiger partial charge in [0.2, 0.25) is 0 Å². The van der Waals surface area contributed by atoms with Crippen LogP contribution in [0.5, 0.6) is 0 Å². The Kier molecular flexibility index (Phi) is 3.55. The van der Waals surface area contributed by atoms with Crippen LogP contribution in [-0.2, 0) is 0 Å². The molecule has 0 spiro atoms. The van der Waals surface area contributed by atoms with E-state index in [9.17, 15) is 0 Å². The van der Waals surface area contributed by atoms with Crippen LogP contribution in [0.3, 0.4) is 0 Å². The molecular weight excluding hydrogens is 264 g/mol. The SMILES string of the molecule is CNC(c1cc(C)c(C)s1)c1cccc2ncccc12. The van der Waals surface area contributed by atoms with E-state index in [1.165, 1.54) is 26.3 Å². The predicted octanol–water partition coefficient (Wildman–Crippen LogP) is 4.22. The minimum atomic E-state index is 0.222. The molecule has 0 fully saturated rings. The summed E-state index contributed by atoms with van der Waals surface area (Å²) in [5.74, 6) is 0. The largest absolute Gasteiger partial charge is 0.309 e. The van der Waals surface area contributed by atoms with E-state index in [2.05, 4.69) is 54.5 Å². The molecule has 2 heterocycles. The van der Waals surface area contributed by atoms with Crippen molar-refractivity contribution in [1.29, 1.82) is 0 Å². The number of fused-ring (bicyclic) bond motifs is 1. The Morgan fingerprint density at radius 1 is 1.15 bits per heavy atom. The number of aryl methyl sites for hydroxylation is 2. The van der Waals surface area contributed by atoms with Crippen molar-refractivity contribution in [3.8, 4) is 0 Å². The Labute approximate surface area is 123 Å². The molecule has 0 aliphatic rings. The molecule has 3 rings (SSSR count). The highest BCUT2D eigenvalue weighted by molar-refractivity contribution is 7.12. The Morgan fingerprint density at radius 3 is 2.70 bits per heavy atom. The molecule has 1 N–H and O–H groups in total.